The highest BCUT2D eigenvalue weighted by Crippen LogP contribution is 2.46. The normalized spacial score (nSPS) is 20.6. The highest BCUT2D eigenvalue weighted by atomic mass is 31.2. The zero-order chi connectivity index (χ0) is 18.4. The van der Waals surface area contributed by atoms with Gasteiger partial charge < -0.3 is 4.89 Å². The van der Waals surface area contributed by atoms with Gasteiger partial charge in [0.25, 0.3) is 13.4 Å². The summed E-state index contributed by atoms with van der Waals surface area (Å²) in [5.41, 5.74) is -0.791. The number of carbonyl (C=O) groups is 1. The third-order valence-electron chi connectivity index (χ3n) is 4.03. The maximum Gasteiger partial charge on any atom is 0.279 e. The van der Waals surface area contributed by atoms with Crippen LogP contribution in [0.4, 0.5) is 8.78 Å². The molecule has 0 bridgehead atoms. The van der Waals surface area contributed by atoms with Crippen molar-refractivity contribution in [3.05, 3.63) is 35.4 Å². The van der Waals surface area contributed by atoms with Gasteiger partial charge in [-0.3, -0.25) is 14.2 Å². The Hall–Kier alpha value is -1.34. The first-order valence-corrected chi connectivity index (χ1v) is 10.0. The Morgan fingerprint density at radius 3 is 2.84 bits per heavy atom. The average Bonchev–Trinajstić information content (AvgIpc) is 2.57. The molecule has 1 heterocycles. The summed E-state index contributed by atoms with van der Waals surface area (Å²) in [6, 6.07) is 3.21. The molecule has 0 aromatic heterocycles. The topological polar surface area (TPSA) is 78.9 Å². The smallest absolute Gasteiger partial charge is 0.279 e. The second-order valence-corrected chi connectivity index (χ2v) is 8.18. The minimum absolute atomic E-state index is 0.147. The van der Waals surface area contributed by atoms with Crippen molar-refractivity contribution in [3.63, 3.8) is 0 Å². The number of piperidine rings is 1. The van der Waals surface area contributed by atoms with E-state index >= 15 is 0 Å². The summed E-state index contributed by atoms with van der Waals surface area (Å²) in [4.78, 5) is 28.0. The number of hydrogen-bond donors (Lipinski definition) is 2. The SMILES string of the molecule is CCCCON1CCCC(P(=O)(O)NCc2ccc(F)c(F)c2)C1=O. The number of nitrogens with one attached hydrogen (secondary N) is 1. The van der Waals surface area contributed by atoms with Gasteiger partial charge in [0.2, 0.25) is 0 Å². The molecule has 0 spiro atoms. The molecule has 0 radical (unpaired) electrons. The quantitative estimate of drug-likeness (QED) is 0.539. The number of hydrogen-bond acceptors (Lipinski definition) is 3. The van der Waals surface area contributed by atoms with Gasteiger partial charge in [0, 0.05) is 13.1 Å². The minimum atomic E-state index is -4.03. The van der Waals surface area contributed by atoms with Crippen molar-refractivity contribution in [1.29, 1.82) is 0 Å². The summed E-state index contributed by atoms with van der Waals surface area (Å²) in [5, 5.41) is 3.59. The average molecular weight is 376 g/mol. The Morgan fingerprint density at radius 1 is 1.40 bits per heavy atom. The lowest BCUT2D eigenvalue weighted by atomic mass is 10.1. The molecule has 1 aliphatic heterocycles. The number of benzene rings is 1. The zero-order valence-electron chi connectivity index (χ0n) is 14.1. The Labute approximate surface area is 145 Å². The summed E-state index contributed by atoms with van der Waals surface area (Å²) in [6.07, 6.45) is 2.53. The van der Waals surface area contributed by atoms with Gasteiger partial charge in [-0.2, -0.15) is 0 Å². The van der Waals surface area contributed by atoms with E-state index in [4.69, 9.17) is 4.84 Å². The van der Waals surface area contributed by atoms with Crippen molar-refractivity contribution in [2.45, 2.75) is 44.8 Å². The molecule has 9 heteroatoms. The van der Waals surface area contributed by atoms with Gasteiger partial charge in [0.05, 0.1) is 6.61 Å². The van der Waals surface area contributed by atoms with Crippen LogP contribution in [0, 0.1) is 11.6 Å². The molecular weight excluding hydrogens is 353 g/mol. The van der Waals surface area contributed by atoms with Crippen LogP contribution in [0.1, 0.15) is 38.2 Å². The Bertz CT molecular complexity index is 659. The van der Waals surface area contributed by atoms with E-state index in [1.54, 1.807) is 0 Å². The summed E-state index contributed by atoms with van der Waals surface area (Å²) in [7, 11) is -4.03. The van der Waals surface area contributed by atoms with Gasteiger partial charge in [0.1, 0.15) is 5.66 Å². The van der Waals surface area contributed by atoms with E-state index in [9.17, 15) is 23.0 Å². The lowest BCUT2D eigenvalue weighted by Gasteiger charge is -2.33. The number of nitrogens with zero attached hydrogens (tertiary/aromatic N) is 1. The van der Waals surface area contributed by atoms with Crippen molar-refractivity contribution in [2.24, 2.45) is 0 Å². The lowest BCUT2D eigenvalue weighted by Crippen LogP contribution is -2.45. The van der Waals surface area contributed by atoms with Crippen LogP contribution in [0.2, 0.25) is 0 Å². The summed E-state index contributed by atoms with van der Waals surface area (Å²) in [6.45, 7) is 2.62. The fourth-order valence-electron chi connectivity index (χ4n) is 2.56. The highest BCUT2D eigenvalue weighted by Gasteiger charge is 2.42. The Kier molecular flexibility index (Phi) is 7.07. The fourth-order valence-corrected chi connectivity index (χ4v) is 4.15. The first-order chi connectivity index (χ1) is 11.8. The predicted octanol–water partition coefficient (Wildman–Crippen LogP) is 2.96. The molecule has 0 saturated carbocycles. The van der Waals surface area contributed by atoms with Gasteiger partial charge >= 0.3 is 0 Å². The molecule has 1 aromatic rings. The van der Waals surface area contributed by atoms with Crippen LogP contribution in [0.5, 0.6) is 0 Å². The van der Waals surface area contributed by atoms with Crippen LogP contribution in [-0.2, 0) is 20.7 Å². The third kappa shape index (κ3) is 5.31. The van der Waals surface area contributed by atoms with Crippen LogP contribution in [-0.4, -0.2) is 34.7 Å². The molecule has 2 atom stereocenters. The largest absolute Gasteiger partial charge is 0.333 e. The van der Waals surface area contributed by atoms with E-state index in [1.165, 1.54) is 6.07 Å². The zero-order valence-corrected chi connectivity index (χ0v) is 15.0. The first-order valence-electron chi connectivity index (χ1n) is 8.31. The number of carbonyl (C=O) groups excluding carboxylic acids is 1. The molecule has 0 aliphatic carbocycles. The third-order valence-corrected chi connectivity index (χ3v) is 5.97. The maximum atomic E-state index is 13.2. The van der Waals surface area contributed by atoms with Crippen LogP contribution >= 0.6 is 7.52 Å². The van der Waals surface area contributed by atoms with Crippen molar-refractivity contribution in [1.82, 2.24) is 10.2 Å². The van der Waals surface area contributed by atoms with Crippen molar-refractivity contribution in [2.75, 3.05) is 13.2 Å². The van der Waals surface area contributed by atoms with E-state index in [0.29, 0.717) is 25.1 Å². The molecule has 1 saturated heterocycles. The molecule has 2 N–H and O–H groups in total. The van der Waals surface area contributed by atoms with E-state index in [1.807, 2.05) is 6.92 Å². The predicted molar refractivity (Wildman–Crippen MR) is 88.6 cm³/mol. The van der Waals surface area contributed by atoms with Crippen LogP contribution in [0.15, 0.2) is 18.2 Å². The molecule has 1 aromatic carbocycles. The van der Waals surface area contributed by atoms with Gasteiger partial charge in [-0.05, 0) is 37.0 Å². The van der Waals surface area contributed by atoms with E-state index in [0.717, 1.165) is 30.0 Å². The minimum Gasteiger partial charge on any atom is -0.333 e. The van der Waals surface area contributed by atoms with Gasteiger partial charge in [-0.25, -0.2) is 18.9 Å². The second-order valence-electron chi connectivity index (χ2n) is 5.99. The molecule has 140 valence electrons. The van der Waals surface area contributed by atoms with Gasteiger partial charge in [-0.15, -0.1) is 0 Å². The molecular formula is C16H23F2N2O4P. The number of rotatable bonds is 8. The number of amides is 1. The molecule has 2 rings (SSSR count). The van der Waals surface area contributed by atoms with E-state index in [-0.39, 0.29) is 13.0 Å². The monoisotopic (exact) mass is 376 g/mol. The van der Waals surface area contributed by atoms with Crippen LogP contribution < -0.4 is 5.09 Å². The summed E-state index contributed by atoms with van der Waals surface area (Å²) >= 11 is 0. The number of unbranched alkanes of at least 4 members (excludes halogenated alkanes) is 1. The van der Waals surface area contributed by atoms with Crippen molar-refractivity contribution in [3.8, 4) is 0 Å². The van der Waals surface area contributed by atoms with E-state index in [2.05, 4.69) is 5.09 Å². The standard InChI is InChI=1S/C16H23F2N2O4P/c1-2-3-9-24-20-8-4-5-15(16(20)21)25(22,23)19-11-12-6-7-13(17)14(18)10-12/h6-7,10,15H,2-5,8-9,11H2,1H3,(H2,19,22,23). The molecule has 2 unspecified atom stereocenters. The van der Waals surface area contributed by atoms with Gasteiger partial charge in [-0.1, -0.05) is 19.4 Å². The Balaban J connectivity index is 1.98. The van der Waals surface area contributed by atoms with E-state index < -0.39 is 30.7 Å². The van der Waals surface area contributed by atoms with Crippen molar-refractivity contribution >= 4 is 13.4 Å². The molecule has 6 nitrogen and oxygen atoms in total. The van der Waals surface area contributed by atoms with Gasteiger partial charge in [0.15, 0.2) is 11.6 Å². The molecule has 25 heavy (non-hydrogen) atoms. The highest BCUT2D eigenvalue weighted by molar-refractivity contribution is 7.57. The summed E-state index contributed by atoms with van der Waals surface area (Å²) < 4.78 is 38.7. The molecule has 1 aliphatic rings. The molecule has 1 fully saturated rings. The lowest BCUT2D eigenvalue weighted by molar-refractivity contribution is -0.191. The first kappa shape index (κ1) is 20.0. The Morgan fingerprint density at radius 2 is 2.16 bits per heavy atom. The van der Waals surface area contributed by atoms with Crippen LogP contribution in [0.25, 0.3) is 0 Å². The van der Waals surface area contributed by atoms with Crippen LogP contribution in [0.3, 0.4) is 0 Å². The molecule has 1 amide bonds. The van der Waals surface area contributed by atoms with Crippen molar-refractivity contribution < 1.29 is 27.9 Å². The fraction of sp³-hybridized carbons (Fsp3) is 0.562. The maximum absolute atomic E-state index is 13.2. The number of hydroxylamine groups is 2. The second kappa shape index (κ2) is 8.85. The summed E-state index contributed by atoms with van der Waals surface area (Å²) in [5.74, 6) is -2.54. The number of halogens is 2.